The Bertz CT molecular complexity index is 698. The molecule has 0 aliphatic heterocycles. The Kier molecular flexibility index (Phi) is 9.17. The molecule has 1 aromatic heterocycles. The molecule has 130 valence electrons. The van der Waals surface area contributed by atoms with Crippen molar-refractivity contribution in [2.45, 2.75) is 13.3 Å². The number of nitrogens with one attached hydrogen (secondary N) is 1. The molecule has 2 rings (SSSR count). The summed E-state index contributed by atoms with van der Waals surface area (Å²) in [6, 6.07) is 9.60. The molecule has 0 unspecified atom stereocenters. The van der Waals surface area contributed by atoms with Crippen molar-refractivity contribution in [3.05, 3.63) is 52.1 Å². The molecule has 1 aromatic carbocycles. The highest BCUT2D eigenvalue weighted by molar-refractivity contribution is 14.0. The van der Waals surface area contributed by atoms with Gasteiger partial charge in [0, 0.05) is 11.9 Å². The van der Waals surface area contributed by atoms with Gasteiger partial charge in [-0.3, -0.25) is 0 Å². The highest BCUT2D eigenvalue weighted by Crippen LogP contribution is 2.24. The predicted octanol–water partition coefficient (Wildman–Crippen LogP) is 4.37. The number of halogens is 3. The fourth-order valence-corrected chi connectivity index (χ4v) is 2.31. The van der Waals surface area contributed by atoms with E-state index in [0.29, 0.717) is 35.0 Å². The molecule has 0 radical (unpaired) electrons. The normalized spacial score (nSPS) is 10.9. The Hall–Kier alpha value is -1.25. The number of benzene rings is 1. The first-order valence-corrected chi connectivity index (χ1v) is 7.94. The average Bonchev–Trinajstić information content (AvgIpc) is 2.53. The number of aryl methyl sites for hydroxylation is 1. The summed E-state index contributed by atoms with van der Waals surface area (Å²) in [4.78, 5) is 8.20. The van der Waals surface area contributed by atoms with Crippen LogP contribution in [0, 0.1) is 0 Å². The van der Waals surface area contributed by atoms with Crippen molar-refractivity contribution in [2.75, 3.05) is 18.5 Å². The second kappa shape index (κ2) is 10.6. The number of rotatable bonds is 6. The molecule has 8 heteroatoms. The van der Waals surface area contributed by atoms with Crippen LogP contribution in [0.25, 0.3) is 0 Å². The maximum Gasteiger partial charge on any atom is 0.232 e. The highest BCUT2D eigenvalue weighted by Gasteiger charge is 2.03. The Morgan fingerprint density at radius 1 is 1.33 bits per heavy atom. The molecule has 0 saturated carbocycles. The van der Waals surface area contributed by atoms with E-state index in [2.05, 4.69) is 28.3 Å². The van der Waals surface area contributed by atoms with Crippen LogP contribution in [0.5, 0.6) is 5.88 Å². The minimum atomic E-state index is 0. The third-order valence-corrected chi connectivity index (χ3v) is 3.47. The second-order valence-electron chi connectivity index (χ2n) is 4.73. The smallest absolute Gasteiger partial charge is 0.232 e. The number of aromatic nitrogens is 1. The molecule has 24 heavy (non-hydrogen) atoms. The van der Waals surface area contributed by atoms with Gasteiger partial charge >= 0.3 is 0 Å². The van der Waals surface area contributed by atoms with E-state index in [0.717, 1.165) is 12.1 Å². The van der Waals surface area contributed by atoms with E-state index in [1.165, 1.54) is 11.8 Å². The minimum absolute atomic E-state index is 0. The summed E-state index contributed by atoms with van der Waals surface area (Å²) in [5.74, 6) is 0.658. The molecule has 0 aliphatic carbocycles. The third-order valence-electron chi connectivity index (χ3n) is 2.99. The maximum atomic E-state index is 5.96. The molecule has 0 fully saturated rings. The van der Waals surface area contributed by atoms with Crippen LogP contribution in [0.2, 0.25) is 10.0 Å². The van der Waals surface area contributed by atoms with Gasteiger partial charge in [0.2, 0.25) is 5.88 Å². The van der Waals surface area contributed by atoms with Gasteiger partial charge in [-0.25, -0.2) is 9.98 Å². The minimum Gasteiger partial charge on any atom is -0.475 e. The van der Waals surface area contributed by atoms with Gasteiger partial charge in [-0.2, -0.15) is 0 Å². The first kappa shape index (κ1) is 20.8. The zero-order valence-corrected chi connectivity index (χ0v) is 17.0. The highest BCUT2D eigenvalue weighted by atomic mass is 127. The van der Waals surface area contributed by atoms with Crippen molar-refractivity contribution in [1.82, 2.24) is 4.98 Å². The Balaban J connectivity index is 0.00000288. The lowest BCUT2D eigenvalue weighted by Gasteiger charge is -2.08. The second-order valence-corrected chi connectivity index (χ2v) is 5.58. The fraction of sp³-hybridized carbons (Fsp3) is 0.250. The van der Waals surface area contributed by atoms with E-state index in [-0.39, 0.29) is 24.0 Å². The summed E-state index contributed by atoms with van der Waals surface area (Å²) in [6.07, 6.45) is 2.44. The number of ether oxygens (including phenoxy) is 1. The number of nitrogens with zero attached hydrogens (tertiary/aromatic N) is 2. The molecule has 0 atom stereocenters. The fourth-order valence-electron chi connectivity index (χ4n) is 1.87. The zero-order chi connectivity index (χ0) is 16.7. The van der Waals surface area contributed by atoms with Gasteiger partial charge in [-0.15, -0.1) is 24.0 Å². The molecule has 3 N–H and O–H groups in total. The molecule has 1 heterocycles. The molecule has 0 saturated heterocycles. The summed E-state index contributed by atoms with van der Waals surface area (Å²) in [6.45, 7) is 2.79. The van der Waals surface area contributed by atoms with Crippen molar-refractivity contribution in [2.24, 2.45) is 10.7 Å². The van der Waals surface area contributed by atoms with E-state index in [1.54, 1.807) is 6.07 Å². The largest absolute Gasteiger partial charge is 0.475 e. The van der Waals surface area contributed by atoms with Gasteiger partial charge in [0.15, 0.2) is 5.96 Å². The predicted molar refractivity (Wildman–Crippen MR) is 111 cm³/mol. The van der Waals surface area contributed by atoms with Crippen molar-refractivity contribution in [1.29, 1.82) is 0 Å². The van der Waals surface area contributed by atoms with Crippen LogP contribution < -0.4 is 15.8 Å². The molecule has 0 aliphatic rings. The first-order valence-electron chi connectivity index (χ1n) is 7.18. The summed E-state index contributed by atoms with van der Waals surface area (Å²) in [5, 5.41) is 3.87. The maximum absolute atomic E-state index is 5.96. The molecule has 0 spiro atoms. The van der Waals surface area contributed by atoms with E-state index in [1.807, 2.05) is 18.2 Å². The first-order chi connectivity index (χ1) is 11.1. The molecule has 0 amide bonds. The van der Waals surface area contributed by atoms with Crippen LogP contribution in [-0.4, -0.2) is 24.1 Å². The number of anilines is 1. The van der Waals surface area contributed by atoms with Crippen LogP contribution in [0.1, 0.15) is 12.5 Å². The van der Waals surface area contributed by atoms with Crippen LogP contribution in [0.3, 0.4) is 0 Å². The van der Waals surface area contributed by atoms with Gasteiger partial charge in [0.05, 0.1) is 11.6 Å². The average molecular weight is 481 g/mol. The van der Waals surface area contributed by atoms with Gasteiger partial charge in [0.1, 0.15) is 11.6 Å². The van der Waals surface area contributed by atoms with Crippen LogP contribution in [0.4, 0.5) is 5.69 Å². The van der Waals surface area contributed by atoms with E-state index in [9.17, 15) is 0 Å². The number of nitrogens with two attached hydrogens (primary N) is 1. The van der Waals surface area contributed by atoms with Crippen molar-refractivity contribution in [3.63, 3.8) is 0 Å². The van der Waals surface area contributed by atoms with E-state index >= 15 is 0 Å². The Morgan fingerprint density at radius 2 is 2.12 bits per heavy atom. The number of pyridine rings is 1. The Labute approximate surface area is 168 Å². The number of hydrogen-bond donors (Lipinski definition) is 2. The summed E-state index contributed by atoms with van der Waals surface area (Å²) >= 11 is 11.7. The van der Waals surface area contributed by atoms with Gasteiger partial charge < -0.3 is 15.8 Å². The van der Waals surface area contributed by atoms with Gasteiger partial charge in [-0.1, -0.05) is 42.3 Å². The van der Waals surface area contributed by atoms with E-state index in [4.69, 9.17) is 33.7 Å². The Morgan fingerprint density at radius 3 is 2.83 bits per heavy atom. The lowest BCUT2D eigenvalue weighted by atomic mass is 10.1. The molecular weight excluding hydrogens is 462 g/mol. The third kappa shape index (κ3) is 6.70. The quantitative estimate of drug-likeness (QED) is 0.278. The molecule has 2 aromatic rings. The topological polar surface area (TPSA) is 72.5 Å². The lowest BCUT2D eigenvalue weighted by molar-refractivity contribution is 0.316. The monoisotopic (exact) mass is 480 g/mol. The van der Waals surface area contributed by atoms with Crippen molar-refractivity contribution >= 4 is 58.8 Å². The van der Waals surface area contributed by atoms with Crippen LogP contribution >= 0.6 is 47.2 Å². The van der Waals surface area contributed by atoms with Crippen molar-refractivity contribution in [3.8, 4) is 5.88 Å². The molecular formula is C16H19Cl2IN4O. The summed E-state index contributed by atoms with van der Waals surface area (Å²) in [5.41, 5.74) is 7.99. The van der Waals surface area contributed by atoms with Crippen LogP contribution in [-0.2, 0) is 6.42 Å². The summed E-state index contributed by atoms with van der Waals surface area (Å²) < 4.78 is 5.44. The standard InChI is InChI=1S/C16H18Cl2N4O.HI/c1-2-11-4-3-5-13(8-11)22-16(19)20-6-7-23-15-14(18)9-12(17)10-21-15;/h3-5,8-10H,2,6-7H2,1H3,(H3,19,20,22);1H. The summed E-state index contributed by atoms with van der Waals surface area (Å²) in [7, 11) is 0. The zero-order valence-electron chi connectivity index (χ0n) is 13.1. The van der Waals surface area contributed by atoms with Crippen LogP contribution in [0.15, 0.2) is 41.5 Å². The van der Waals surface area contributed by atoms with Gasteiger partial charge in [0.25, 0.3) is 0 Å². The number of aliphatic imine (C=N–C) groups is 1. The van der Waals surface area contributed by atoms with Crippen molar-refractivity contribution < 1.29 is 4.74 Å². The molecule has 5 nitrogen and oxygen atoms in total. The van der Waals surface area contributed by atoms with Gasteiger partial charge in [-0.05, 0) is 30.2 Å². The van der Waals surface area contributed by atoms with E-state index < -0.39 is 0 Å². The number of hydrogen-bond acceptors (Lipinski definition) is 3. The lowest BCUT2D eigenvalue weighted by Crippen LogP contribution is -2.23. The number of guanidine groups is 1. The molecule has 0 bridgehead atoms. The SMILES string of the molecule is CCc1cccc(NC(N)=NCCOc2ncc(Cl)cc2Cl)c1.I.